The van der Waals surface area contributed by atoms with Gasteiger partial charge in [0.2, 0.25) is 0 Å². The maximum absolute atomic E-state index is 12.5. The Morgan fingerprint density at radius 3 is 1.86 bits per heavy atom. The highest BCUT2D eigenvalue weighted by atomic mass is 31.2. The van der Waals surface area contributed by atoms with Gasteiger partial charge in [-0.1, -0.05) is 122 Å². The molecule has 1 saturated carbocycles. The molecule has 1 N–H and O–H groups in total. The maximum atomic E-state index is 12.5. The zero-order valence-electron chi connectivity index (χ0n) is 26.6. The van der Waals surface area contributed by atoms with Crippen molar-refractivity contribution in [2.75, 3.05) is 20.3 Å². The quantitative estimate of drug-likeness (QED) is 0.0684. The van der Waals surface area contributed by atoms with Crippen LogP contribution < -0.4 is 14.8 Å². The number of rotatable bonds is 25. The summed E-state index contributed by atoms with van der Waals surface area (Å²) < 4.78 is 30.0. The summed E-state index contributed by atoms with van der Waals surface area (Å²) in [5.74, 6) is 0. The van der Waals surface area contributed by atoms with E-state index in [0.717, 1.165) is 45.6 Å². The lowest BCUT2D eigenvalue weighted by Crippen LogP contribution is -2.50. The van der Waals surface area contributed by atoms with E-state index in [9.17, 15) is 14.3 Å². The summed E-state index contributed by atoms with van der Waals surface area (Å²) in [7, 11) is -3.38. The molecule has 1 aromatic rings. The fourth-order valence-corrected chi connectivity index (χ4v) is 6.74. The normalized spacial score (nSPS) is 16.6. The molecular weight excluding hydrogens is 551 g/mol. The first-order valence-electron chi connectivity index (χ1n) is 16.8. The van der Waals surface area contributed by atoms with Gasteiger partial charge in [-0.15, -0.1) is 0 Å². The molecule has 1 aliphatic rings. The van der Waals surface area contributed by atoms with Gasteiger partial charge in [0.1, 0.15) is 12.7 Å². The number of alkyl carbamates (subject to hydrolysis) is 1. The van der Waals surface area contributed by atoms with Crippen LogP contribution in [0.5, 0.6) is 0 Å². The number of phosphoric ester groups is 1. The smallest absolute Gasteiger partial charge is 0.407 e. The number of unbranched alkanes of at least 4 members (excludes halogenated alkanes) is 15. The Morgan fingerprint density at radius 1 is 0.857 bits per heavy atom. The van der Waals surface area contributed by atoms with Gasteiger partial charge in [-0.2, -0.15) is 0 Å². The van der Waals surface area contributed by atoms with Gasteiger partial charge in [0, 0.05) is 31.2 Å². The van der Waals surface area contributed by atoms with E-state index in [0.29, 0.717) is 13.1 Å². The molecule has 0 saturated heterocycles. The number of aromatic nitrogens is 1. The van der Waals surface area contributed by atoms with Crippen molar-refractivity contribution in [3.8, 4) is 0 Å². The Labute approximate surface area is 255 Å². The summed E-state index contributed by atoms with van der Waals surface area (Å²) in [6.45, 7) is 3.29. The van der Waals surface area contributed by atoms with Crippen LogP contribution in [-0.2, 0) is 24.9 Å². The summed E-state index contributed by atoms with van der Waals surface area (Å²) in [6.07, 6.45) is 26.9. The lowest BCUT2D eigenvalue weighted by molar-refractivity contribution is -0.705. The van der Waals surface area contributed by atoms with Crippen molar-refractivity contribution in [2.24, 2.45) is 5.41 Å². The van der Waals surface area contributed by atoms with Gasteiger partial charge in [-0.3, -0.25) is 4.57 Å². The first-order valence-corrected chi connectivity index (χ1v) is 18.3. The Hall–Kier alpha value is -1.47. The molecule has 2 atom stereocenters. The van der Waals surface area contributed by atoms with E-state index in [-0.39, 0.29) is 6.61 Å². The minimum atomic E-state index is -4.48. The van der Waals surface area contributed by atoms with E-state index in [1.165, 1.54) is 89.9 Å². The monoisotopic (exact) mass is 610 g/mol. The number of nitrogens with zero attached hydrogens (tertiary/aromatic N) is 1. The second-order valence-electron chi connectivity index (χ2n) is 12.2. The molecule has 1 fully saturated rings. The molecule has 9 heteroatoms. The summed E-state index contributed by atoms with van der Waals surface area (Å²) in [5.41, 5.74) is -0.590. The standard InChI is InChI=1S/C33H59N2O6P/c1-3-4-5-6-7-8-9-10-11-12-13-14-15-16-17-21-26-34-32(36)40-30-33(24-19-20-25-33)31(41-42(37,38)39-2)29-35-27-22-18-23-28-35/h18,22-23,27-28,31H,3-17,19-21,24-26,29-30H2,1-2H3,(H-,34,36,37,38). The Balaban J connectivity index is 1.58. The third-order valence-electron chi connectivity index (χ3n) is 8.71. The molecule has 2 unspecified atom stereocenters. The number of amides is 1. The molecule has 1 amide bonds. The van der Waals surface area contributed by atoms with Crippen molar-refractivity contribution in [3.05, 3.63) is 30.6 Å². The van der Waals surface area contributed by atoms with Crippen molar-refractivity contribution in [3.63, 3.8) is 0 Å². The molecule has 0 bridgehead atoms. The van der Waals surface area contributed by atoms with Crippen LogP contribution in [0.3, 0.4) is 0 Å². The summed E-state index contributed by atoms with van der Waals surface area (Å²) in [5, 5.41) is 2.87. The number of nitrogens with one attached hydrogen (secondary N) is 1. The van der Waals surface area contributed by atoms with Gasteiger partial charge < -0.3 is 24.0 Å². The van der Waals surface area contributed by atoms with Gasteiger partial charge >= 0.3 is 6.09 Å². The SMILES string of the molecule is CCCCCCCCCCCCCCCCCCNC(=O)OCC1(C(C[n+]2ccccc2)OP(=O)([O-])OC)CCCC1. The van der Waals surface area contributed by atoms with Crippen LogP contribution in [0.1, 0.15) is 135 Å². The zero-order valence-corrected chi connectivity index (χ0v) is 27.5. The van der Waals surface area contributed by atoms with Crippen LogP contribution in [0.2, 0.25) is 0 Å². The first kappa shape index (κ1) is 36.7. The molecule has 1 aliphatic carbocycles. The summed E-state index contributed by atoms with van der Waals surface area (Å²) in [4.78, 5) is 24.8. The van der Waals surface area contributed by atoms with Gasteiger partial charge in [-0.05, 0) is 19.3 Å². The van der Waals surface area contributed by atoms with Crippen LogP contribution in [0.15, 0.2) is 30.6 Å². The molecule has 42 heavy (non-hydrogen) atoms. The summed E-state index contributed by atoms with van der Waals surface area (Å²) >= 11 is 0. The minimum absolute atomic E-state index is 0.111. The predicted octanol–water partition coefficient (Wildman–Crippen LogP) is 8.02. The van der Waals surface area contributed by atoms with E-state index < -0.39 is 25.4 Å². The van der Waals surface area contributed by atoms with E-state index >= 15 is 0 Å². The Kier molecular flexibility index (Phi) is 19.3. The van der Waals surface area contributed by atoms with Crippen LogP contribution in [-0.4, -0.2) is 32.5 Å². The number of hydrogen-bond donors (Lipinski definition) is 1. The number of ether oxygens (including phenoxy) is 1. The Morgan fingerprint density at radius 2 is 1.36 bits per heavy atom. The highest BCUT2D eigenvalue weighted by molar-refractivity contribution is 7.45. The van der Waals surface area contributed by atoms with E-state index in [4.69, 9.17) is 9.26 Å². The van der Waals surface area contributed by atoms with Gasteiger partial charge in [0.15, 0.2) is 18.9 Å². The van der Waals surface area contributed by atoms with Gasteiger partial charge in [0.05, 0.1) is 0 Å². The Bertz CT molecular complexity index is 865. The minimum Gasteiger partial charge on any atom is -0.756 e. The largest absolute Gasteiger partial charge is 0.756 e. The number of hydrogen-bond acceptors (Lipinski definition) is 6. The molecule has 1 heterocycles. The highest BCUT2D eigenvalue weighted by Gasteiger charge is 2.47. The molecule has 2 rings (SSSR count). The fourth-order valence-electron chi connectivity index (χ4n) is 6.05. The number of carbonyl (C=O) groups excluding carboxylic acids is 1. The number of carbonyl (C=O) groups is 1. The second-order valence-corrected chi connectivity index (χ2v) is 13.6. The lowest BCUT2D eigenvalue weighted by atomic mass is 9.81. The van der Waals surface area contributed by atoms with Crippen LogP contribution in [0.4, 0.5) is 4.79 Å². The lowest BCUT2D eigenvalue weighted by Gasteiger charge is -2.37. The molecule has 0 aliphatic heterocycles. The van der Waals surface area contributed by atoms with Crippen molar-refractivity contribution < 1.29 is 32.6 Å². The molecule has 1 aromatic heterocycles. The molecule has 242 valence electrons. The fraction of sp³-hybridized carbons (Fsp3) is 0.818. The molecule has 0 radical (unpaired) electrons. The van der Waals surface area contributed by atoms with Crippen molar-refractivity contribution in [1.29, 1.82) is 0 Å². The molecule has 0 aromatic carbocycles. The second kappa shape index (κ2) is 22.1. The topological polar surface area (TPSA) is 101 Å². The average molecular weight is 611 g/mol. The maximum Gasteiger partial charge on any atom is 0.407 e. The molecular formula is C33H59N2O6P. The number of pyridine rings is 1. The molecule has 0 spiro atoms. The van der Waals surface area contributed by atoms with Crippen LogP contribution in [0.25, 0.3) is 0 Å². The van der Waals surface area contributed by atoms with Crippen molar-refractivity contribution in [2.45, 2.75) is 148 Å². The van der Waals surface area contributed by atoms with E-state index in [1.807, 2.05) is 35.2 Å². The average Bonchev–Trinajstić information content (AvgIpc) is 3.48. The van der Waals surface area contributed by atoms with Crippen molar-refractivity contribution in [1.82, 2.24) is 5.32 Å². The van der Waals surface area contributed by atoms with Crippen molar-refractivity contribution >= 4 is 13.9 Å². The van der Waals surface area contributed by atoms with Gasteiger partial charge in [-0.25, -0.2) is 9.36 Å². The third kappa shape index (κ3) is 15.8. The zero-order chi connectivity index (χ0) is 30.4. The molecule has 8 nitrogen and oxygen atoms in total. The van der Waals surface area contributed by atoms with E-state index in [1.54, 1.807) is 0 Å². The van der Waals surface area contributed by atoms with Gasteiger partial charge in [0.25, 0.3) is 7.82 Å². The highest BCUT2D eigenvalue weighted by Crippen LogP contribution is 2.49. The predicted molar refractivity (Wildman–Crippen MR) is 166 cm³/mol. The number of phosphoric acid groups is 1. The van der Waals surface area contributed by atoms with Crippen LogP contribution >= 0.6 is 7.82 Å². The first-order chi connectivity index (χ1) is 20.4. The summed E-state index contributed by atoms with van der Waals surface area (Å²) in [6, 6.07) is 5.67. The van der Waals surface area contributed by atoms with Crippen LogP contribution in [0, 0.1) is 5.41 Å². The van der Waals surface area contributed by atoms with E-state index in [2.05, 4.69) is 16.8 Å². The third-order valence-corrected chi connectivity index (χ3v) is 9.67.